The van der Waals surface area contributed by atoms with Crippen LogP contribution in [0.4, 0.5) is 4.39 Å². The molecule has 6 heteroatoms. The number of hydrogen-bond donors (Lipinski definition) is 1. The Labute approximate surface area is 117 Å². The van der Waals surface area contributed by atoms with Crippen LogP contribution in [0.2, 0.25) is 0 Å². The minimum absolute atomic E-state index is 0.302. The predicted octanol–water partition coefficient (Wildman–Crippen LogP) is 2.89. The SMILES string of the molecule is O=C(O)C1(c2nn(-c3ccccc3F)cc2Br)CC1. The molecule has 1 aromatic carbocycles. The van der Waals surface area contributed by atoms with E-state index < -0.39 is 17.2 Å². The van der Waals surface area contributed by atoms with E-state index in [0.717, 1.165) is 0 Å². The summed E-state index contributed by atoms with van der Waals surface area (Å²) in [4.78, 5) is 11.3. The molecule has 0 radical (unpaired) electrons. The molecule has 1 fully saturated rings. The van der Waals surface area contributed by atoms with Crippen LogP contribution in [0.3, 0.4) is 0 Å². The molecule has 1 aliphatic carbocycles. The standard InChI is InChI=1S/C13H10BrFN2O2/c14-8-7-17(10-4-2-1-3-9(10)15)16-11(8)13(5-6-13)12(18)19/h1-4,7H,5-6H2,(H,18,19). The molecule has 3 rings (SSSR count). The Kier molecular flexibility index (Phi) is 2.70. The smallest absolute Gasteiger partial charge is 0.315 e. The fraction of sp³-hybridized carbons (Fsp3) is 0.231. The lowest BCUT2D eigenvalue weighted by atomic mass is 10.0. The normalized spacial score (nSPS) is 16.3. The van der Waals surface area contributed by atoms with Crippen LogP contribution in [0.25, 0.3) is 5.69 Å². The average Bonchev–Trinajstić information content (AvgIpc) is 3.09. The third-order valence-electron chi connectivity index (χ3n) is 3.38. The van der Waals surface area contributed by atoms with Crippen LogP contribution in [0, 0.1) is 5.82 Å². The van der Waals surface area contributed by atoms with Crippen molar-refractivity contribution in [2.45, 2.75) is 18.3 Å². The zero-order chi connectivity index (χ0) is 13.6. The Morgan fingerprint density at radius 2 is 2.11 bits per heavy atom. The predicted molar refractivity (Wildman–Crippen MR) is 69.8 cm³/mol. The Bertz CT molecular complexity index is 664. The zero-order valence-electron chi connectivity index (χ0n) is 9.81. The van der Waals surface area contributed by atoms with Crippen LogP contribution >= 0.6 is 15.9 Å². The maximum Gasteiger partial charge on any atom is 0.315 e. The molecule has 0 amide bonds. The molecule has 1 saturated carbocycles. The first-order valence-corrected chi connectivity index (χ1v) is 6.58. The maximum atomic E-state index is 13.7. The Hall–Kier alpha value is -1.69. The molecule has 0 bridgehead atoms. The van der Waals surface area contributed by atoms with Crippen LogP contribution in [0.5, 0.6) is 0 Å². The van der Waals surface area contributed by atoms with Gasteiger partial charge in [-0.1, -0.05) is 12.1 Å². The van der Waals surface area contributed by atoms with Gasteiger partial charge in [-0.15, -0.1) is 0 Å². The van der Waals surface area contributed by atoms with E-state index in [4.69, 9.17) is 0 Å². The third kappa shape index (κ3) is 1.87. The lowest BCUT2D eigenvalue weighted by Crippen LogP contribution is -2.20. The number of para-hydroxylation sites is 1. The van der Waals surface area contributed by atoms with Crippen LogP contribution < -0.4 is 0 Å². The lowest BCUT2D eigenvalue weighted by Gasteiger charge is -2.06. The minimum Gasteiger partial charge on any atom is -0.481 e. The molecule has 19 heavy (non-hydrogen) atoms. The monoisotopic (exact) mass is 324 g/mol. The van der Waals surface area contributed by atoms with Crippen molar-refractivity contribution in [1.29, 1.82) is 0 Å². The molecule has 0 unspecified atom stereocenters. The molecule has 0 atom stereocenters. The van der Waals surface area contributed by atoms with Crippen molar-refractivity contribution < 1.29 is 14.3 Å². The first-order chi connectivity index (χ1) is 9.04. The highest BCUT2D eigenvalue weighted by Crippen LogP contribution is 2.50. The largest absolute Gasteiger partial charge is 0.481 e. The maximum absolute atomic E-state index is 13.7. The van der Waals surface area contributed by atoms with Gasteiger partial charge in [-0.2, -0.15) is 5.10 Å². The topological polar surface area (TPSA) is 55.1 Å². The van der Waals surface area contributed by atoms with Gasteiger partial charge in [0, 0.05) is 6.20 Å². The highest BCUT2D eigenvalue weighted by molar-refractivity contribution is 9.10. The van der Waals surface area contributed by atoms with E-state index in [1.54, 1.807) is 24.4 Å². The molecule has 4 nitrogen and oxygen atoms in total. The summed E-state index contributed by atoms with van der Waals surface area (Å²) in [5, 5.41) is 13.5. The number of benzene rings is 1. The van der Waals surface area contributed by atoms with Crippen molar-refractivity contribution in [3.8, 4) is 5.69 Å². The van der Waals surface area contributed by atoms with E-state index in [1.807, 2.05) is 0 Å². The van der Waals surface area contributed by atoms with Crippen LogP contribution in [0.1, 0.15) is 18.5 Å². The summed E-state index contributed by atoms with van der Waals surface area (Å²) < 4.78 is 15.7. The number of nitrogens with zero attached hydrogens (tertiary/aromatic N) is 2. The number of aromatic nitrogens is 2. The molecule has 98 valence electrons. The number of carbonyl (C=O) groups is 1. The fourth-order valence-corrected chi connectivity index (χ4v) is 2.77. The van der Waals surface area contributed by atoms with E-state index >= 15 is 0 Å². The number of carboxylic acids is 1. The number of rotatable bonds is 3. The first kappa shape index (κ1) is 12.3. The summed E-state index contributed by atoms with van der Waals surface area (Å²) in [5.41, 5.74) is -0.145. The molecule has 2 aromatic rings. The van der Waals surface area contributed by atoms with Crippen molar-refractivity contribution in [3.05, 3.63) is 46.4 Å². The summed E-state index contributed by atoms with van der Waals surface area (Å²) in [6.45, 7) is 0. The van der Waals surface area contributed by atoms with Crippen LogP contribution in [-0.4, -0.2) is 20.9 Å². The molecular weight excluding hydrogens is 315 g/mol. The molecule has 1 N–H and O–H groups in total. The van der Waals surface area contributed by atoms with Gasteiger partial charge in [0.25, 0.3) is 0 Å². The number of aliphatic carboxylic acids is 1. The second-order valence-electron chi connectivity index (χ2n) is 4.61. The van der Waals surface area contributed by atoms with E-state index in [0.29, 0.717) is 28.7 Å². The van der Waals surface area contributed by atoms with Gasteiger partial charge in [0.1, 0.15) is 16.9 Å². The summed E-state index contributed by atoms with van der Waals surface area (Å²) in [5.74, 6) is -1.28. The van der Waals surface area contributed by atoms with Crippen molar-refractivity contribution in [2.24, 2.45) is 0 Å². The molecule has 1 aliphatic rings. The van der Waals surface area contributed by atoms with E-state index in [1.165, 1.54) is 10.7 Å². The van der Waals surface area contributed by atoms with Crippen molar-refractivity contribution in [1.82, 2.24) is 9.78 Å². The van der Waals surface area contributed by atoms with Gasteiger partial charge in [-0.05, 0) is 40.9 Å². The summed E-state index contributed by atoms with van der Waals surface area (Å²) in [6, 6.07) is 6.24. The Morgan fingerprint density at radius 1 is 1.42 bits per heavy atom. The minimum atomic E-state index is -0.907. The van der Waals surface area contributed by atoms with Crippen LogP contribution in [-0.2, 0) is 10.2 Å². The summed E-state index contributed by atoms with van der Waals surface area (Å²) in [6.07, 6.45) is 2.72. The van der Waals surface area contributed by atoms with Crippen molar-refractivity contribution >= 4 is 21.9 Å². The van der Waals surface area contributed by atoms with Gasteiger partial charge in [-0.3, -0.25) is 4.79 Å². The quantitative estimate of drug-likeness (QED) is 0.944. The Morgan fingerprint density at radius 3 is 2.68 bits per heavy atom. The van der Waals surface area contributed by atoms with Gasteiger partial charge in [-0.25, -0.2) is 9.07 Å². The molecule has 1 aromatic heterocycles. The average molecular weight is 325 g/mol. The highest BCUT2D eigenvalue weighted by Gasteiger charge is 2.55. The summed E-state index contributed by atoms with van der Waals surface area (Å²) >= 11 is 3.31. The van der Waals surface area contributed by atoms with Gasteiger partial charge in [0.05, 0.1) is 10.2 Å². The molecule has 1 heterocycles. The second-order valence-corrected chi connectivity index (χ2v) is 5.46. The van der Waals surface area contributed by atoms with Gasteiger partial charge >= 0.3 is 5.97 Å². The van der Waals surface area contributed by atoms with E-state index in [-0.39, 0.29) is 0 Å². The fourth-order valence-electron chi connectivity index (χ4n) is 2.12. The molecule has 0 spiro atoms. The van der Waals surface area contributed by atoms with Crippen molar-refractivity contribution in [3.63, 3.8) is 0 Å². The lowest BCUT2D eigenvalue weighted by molar-refractivity contribution is -0.140. The highest BCUT2D eigenvalue weighted by atomic mass is 79.9. The first-order valence-electron chi connectivity index (χ1n) is 5.78. The van der Waals surface area contributed by atoms with Gasteiger partial charge < -0.3 is 5.11 Å². The third-order valence-corrected chi connectivity index (χ3v) is 3.96. The molecular formula is C13H10BrFN2O2. The number of hydrogen-bond acceptors (Lipinski definition) is 2. The molecule has 0 saturated heterocycles. The Balaban J connectivity index is 2.08. The molecule has 0 aliphatic heterocycles. The number of carboxylic acid groups (broad SMARTS) is 1. The van der Waals surface area contributed by atoms with Gasteiger partial charge in [0.15, 0.2) is 0 Å². The van der Waals surface area contributed by atoms with Gasteiger partial charge in [0.2, 0.25) is 0 Å². The summed E-state index contributed by atoms with van der Waals surface area (Å²) in [7, 11) is 0. The van der Waals surface area contributed by atoms with Crippen LogP contribution in [0.15, 0.2) is 34.9 Å². The zero-order valence-corrected chi connectivity index (χ0v) is 11.4. The van der Waals surface area contributed by atoms with Crippen molar-refractivity contribution in [2.75, 3.05) is 0 Å². The van der Waals surface area contributed by atoms with E-state index in [2.05, 4.69) is 21.0 Å². The van der Waals surface area contributed by atoms with E-state index in [9.17, 15) is 14.3 Å². The second kappa shape index (κ2) is 4.16. The number of halogens is 2.